The molecule has 0 unspecified atom stereocenters. The third-order valence-electron chi connectivity index (χ3n) is 6.04. The highest BCUT2D eigenvalue weighted by molar-refractivity contribution is 7.99. The van der Waals surface area contributed by atoms with E-state index in [9.17, 15) is 18.0 Å². The Kier molecular flexibility index (Phi) is 5.99. The third-order valence-corrected chi connectivity index (χ3v) is 6.97. The van der Waals surface area contributed by atoms with E-state index in [1.54, 1.807) is 17.2 Å². The molecule has 0 radical (unpaired) electrons. The minimum absolute atomic E-state index is 0.0707. The second-order valence-corrected chi connectivity index (χ2v) is 9.48. The fourth-order valence-corrected chi connectivity index (χ4v) is 4.79. The van der Waals surface area contributed by atoms with Crippen LogP contribution in [0.15, 0.2) is 46.6 Å². The van der Waals surface area contributed by atoms with Crippen LogP contribution in [-0.4, -0.2) is 45.5 Å². The first-order valence-electron chi connectivity index (χ1n) is 11.1. The van der Waals surface area contributed by atoms with Crippen LogP contribution in [0.3, 0.4) is 0 Å². The van der Waals surface area contributed by atoms with E-state index in [0.717, 1.165) is 41.7 Å². The predicted molar refractivity (Wildman–Crippen MR) is 125 cm³/mol. The van der Waals surface area contributed by atoms with Gasteiger partial charge in [-0.05, 0) is 43.5 Å². The van der Waals surface area contributed by atoms with Gasteiger partial charge in [0.15, 0.2) is 5.82 Å². The van der Waals surface area contributed by atoms with Crippen molar-refractivity contribution in [3.8, 4) is 0 Å². The molecule has 3 aromatic rings. The van der Waals surface area contributed by atoms with Gasteiger partial charge in [0.05, 0.1) is 5.69 Å². The Morgan fingerprint density at radius 1 is 1.14 bits per heavy atom. The van der Waals surface area contributed by atoms with Gasteiger partial charge < -0.3 is 15.1 Å². The van der Waals surface area contributed by atoms with Crippen molar-refractivity contribution in [2.24, 2.45) is 0 Å². The van der Waals surface area contributed by atoms with Crippen LogP contribution in [0.5, 0.6) is 0 Å². The molecule has 0 fully saturated rings. The fourth-order valence-electron chi connectivity index (χ4n) is 4.06. The average Bonchev–Trinajstić information content (AvgIpc) is 2.85. The van der Waals surface area contributed by atoms with Crippen LogP contribution in [0.25, 0.3) is 0 Å². The van der Waals surface area contributed by atoms with Gasteiger partial charge in [-0.15, -0.1) is 0 Å². The Labute approximate surface area is 204 Å². The quantitative estimate of drug-likeness (QED) is 0.558. The Morgan fingerprint density at radius 2 is 1.97 bits per heavy atom. The first-order chi connectivity index (χ1) is 16.7. The summed E-state index contributed by atoms with van der Waals surface area (Å²) in [5.74, 6) is 1.31. The maximum atomic E-state index is 12.7. The van der Waals surface area contributed by atoms with Crippen LogP contribution in [0.1, 0.15) is 30.3 Å². The molecule has 2 aliphatic rings. The summed E-state index contributed by atoms with van der Waals surface area (Å²) in [6.07, 6.45) is 0.0847. The van der Waals surface area contributed by atoms with E-state index in [2.05, 4.69) is 25.3 Å². The van der Waals surface area contributed by atoms with E-state index in [-0.39, 0.29) is 11.9 Å². The summed E-state index contributed by atoms with van der Waals surface area (Å²) < 4.78 is 38.0. The van der Waals surface area contributed by atoms with E-state index in [1.807, 2.05) is 24.9 Å². The standard InChI is InChI=1S/C23H22F3N7OS/c1-13-21(34)33-9-3-4-16-19(33)20(32(13)2)31-22(30-16)29-11-14-5-8-18(28-10-14)35-15-6-7-17(27-12-15)23(24,25)26/h5-8,10,12-13H,3-4,9,11H2,1-2H3,(H,29,30,31)/t13-/m0/s1. The van der Waals surface area contributed by atoms with E-state index in [1.165, 1.54) is 24.0 Å². The molecule has 3 aromatic heterocycles. The first-order valence-corrected chi connectivity index (χ1v) is 11.9. The molecular weight excluding hydrogens is 479 g/mol. The van der Waals surface area contributed by atoms with Crippen LogP contribution >= 0.6 is 11.8 Å². The molecule has 1 atom stereocenters. The zero-order chi connectivity index (χ0) is 24.7. The number of pyridine rings is 2. The summed E-state index contributed by atoms with van der Waals surface area (Å²) in [6, 6.07) is 5.74. The smallest absolute Gasteiger partial charge is 0.350 e. The minimum Gasteiger partial charge on any atom is -0.350 e. The van der Waals surface area contributed by atoms with E-state index >= 15 is 0 Å². The molecule has 0 aliphatic carbocycles. The number of hydrogen-bond donors (Lipinski definition) is 1. The molecule has 2 aliphatic heterocycles. The zero-order valence-electron chi connectivity index (χ0n) is 19.0. The summed E-state index contributed by atoms with van der Waals surface area (Å²) in [5, 5.41) is 3.89. The van der Waals surface area contributed by atoms with Gasteiger partial charge in [-0.2, -0.15) is 18.2 Å². The van der Waals surface area contributed by atoms with Crippen molar-refractivity contribution in [3.05, 3.63) is 53.6 Å². The fraction of sp³-hybridized carbons (Fsp3) is 0.348. The number of hydrogen-bond acceptors (Lipinski definition) is 8. The lowest BCUT2D eigenvalue weighted by Gasteiger charge is -2.41. The van der Waals surface area contributed by atoms with Crippen molar-refractivity contribution in [2.75, 3.05) is 28.7 Å². The molecule has 35 heavy (non-hydrogen) atoms. The number of likely N-dealkylation sites (N-methyl/N-ethyl adjacent to an activating group) is 1. The molecule has 0 aromatic carbocycles. The van der Waals surface area contributed by atoms with Crippen molar-refractivity contribution in [2.45, 2.75) is 48.4 Å². The SMILES string of the molecule is C[C@H]1C(=O)N2CCCc3nc(NCc4ccc(Sc5ccc(C(F)(F)F)nc5)nc4)nc(c32)N1C. The average molecular weight is 502 g/mol. The van der Waals surface area contributed by atoms with E-state index < -0.39 is 11.9 Å². The topological polar surface area (TPSA) is 87.1 Å². The summed E-state index contributed by atoms with van der Waals surface area (Å²) in [4.78, 5) is 34.1. The number of rotatable bonds is 5. The van der Waals surface area contributed by atoms with Gasteiger partial charge in [0.25, 0.3) is 0 Å². The number of alkyl halides is 3. The van der Waals surface area contributed by atoms with Crippen LogP contribution in [0, 0.1) is 0 Å². The van der Waals surface area contributed by atoms with E-state index in [4.69, 9.17) is 0 Å². The van der Waals surface area contributed by atoms with Gasteiger partial charge in [0.1, 0.15) is 22.4 Å². The molecule has 0 bridgehead atoms. The third kappa shape index (κ3) is 4.62. The van der Waals surface area contributed by atoms with Gasteiger partial charge in [0, 0.05) is 37.4 Å². The second-order valence-electron chi connectivity index (χ2n) is 8.38. The molecule has 0 spiro atoms. The normalized spacial score (nSPS) is 17.4. The molecule has 1 amide bonds. The summed E-state index contributed by atoms with van der Waals surface area (Å²) in [6.45, 7) is 3.01. The Bertz CT molecular complexity index is 1250. The lowest BCUT2D eigenvalue weighted by Crippen LogP contribution is -2.53. The molecular formula is C23H22F3N7OS. The number of aryl methyl sites for hydroxylation is 1. The lowest BCUT2D eigenvalue weighted by molar-refractivity contribution is -0.141. The number of halogens is 3. The Balaban J connectivity index is 1.26. The largest absolute Gasteiger partial charge is 0.433 e. The number of carbonyl (C=O) groups is 1. The lowest BCUT2D eigenvalue weighted by atomic mass is 10.0. The van der Waals surface area contributed by atoms with Gasteiger partial charge >= 0.3 is 6.18 Å². The van der Waals surface area contributed by atoms with Crippen LogP contribution in [0.2, 0.25) is 0 Å². The van der Waals surface area contributed by atoms with Gasteiger partial charge in [-0.25, -0.2) is 9.97 Å². The number of nitrogens with zero attached hydrogens (tertiary/aromatic N) is 6. The van der Waals surface area contributed by atoms with Crippen molar-refractivity contribution >= 4 is 35.1 Å². The molecule has 182 valence electrons. The Morgan fingerprint density at radius 3 is 2.66 bits per heavy atom. The second kappa shape index (κ2) is 8.99. The highest BCUT2D eigenvalue weighted by atomic mass is 32.2. The van der Waals surface area contributed by atoms with Crippen LogP contribution in [-0.2, 0) is 23.9 Å². The molecule has 5 heterocycles. The molecule has 12 heteroatoms. The van der Waals surface area contributed by atoms with Gasteiger partial charge in [-0.1, -0.05) is 17.8 Å². The zero-order valence-corrected chi connectivity index (χ0v) is 19.8. The molecule has 8 nitrogen and oxygen atoms in total. The van der Waals surface area contributed by atoms with Gasteiger partial charge in [0.2, 0.25) is 11.9 Å². The number of amides is 1. The van der Waals surface area contributed by atoms with Crippen LogP contribution in [0.4, 0.5) is 30.6 Å². The minimum atomic E-state index is -4.46. The number of nitrogens with one attached hydrogen (secondary N) is 1. The molecule has 1 N–H and O–H groups in total. The number of anilines is 3. The summed E-state index contributed by atoms with van der Waals surface area (Å²) >= 11 is 1.23. The van der Waals surface area contributed by atoms with Crippen LogP contribution < -0.4 is 15.1 Å². The highest BCUT2D eigenvalue weighted by Crippen LogP contribution is 2.39. The van der Waals surface area contributed by atoms with E-state index in [0.29, 0.717) is 29.0 Å². The van der Waals surface area contributed by atoms with Crippen molar-refractivity contribution in [1.82, 2.24) is 19.9 Å². The molecule has 5 rings (SSSR count). The Hall–Kier alpha value is -3.41. The summed E-state index contributed by atoms with van der Waals surface area (Å²) in [7, 11) is 1.87. The molecule has 0 saturated heterocycles. The first kappa shape index (κ1) is 23.3. The number of carbonyl (C=O) groups excluding carboxylic acids is 1. The van der Waals surface area contributed by atoms with Crippen molar-refractivity contribution < 1.29 is 18.0 Å². The maximum absolute atomic E-state index is 12.7. The van der Waals surface area contributed by atoms with Gasteiger partial charge in [-0.3, -0.25) is 9.78 Å². The molecule has 0 saturated carbocycles. The van der Waals surface area contributed by atoms with Crippen molar-refractivity contribution in [1.29, 1.82) is 0 Å². The summed E-state index contributed by atoms with van der Waals surface area (Å²) in [5.41, 5.74) is 1.65. The maximum Gasteiger partial charge on any atom is 0.433 e. The van der Waals surface area contributed by atoms with Crippen molar-refractivity contribution in [3.63, 3.8) is 0 Å². The monoisotopic (exact) mass is 501 g/mol. The highest BCUT2D eigenvalue weighted by Gasteiger charge is 2.38. The predicted octanol–water partition coefficient (Wildman–Crippen LogP) is 4.17. The number of aromatic nitrogens is 4.